The van der Waals surface area contributed by atoms with E-state index in [9.17, 15) is 0 Å². The van der Waals surface area contributed by atoms with Crippen LogP contribution in [0.4, 0.5) is 0 Å². The highest BCUT2D eigenvalue weighted by Gasteiger charge is 2.28. The highest BCUT2D eigenvalue weighted by molar-refractivity contribution is 5.31. The Bertz CT molecular complexity index is 351. The third-order valence-corrected chi connectivity index (χ3v) is 3.66. The molecular weight excluding hydrogens is 172 g/mol. The van der Waals surface area contributed by atoms with Gasteiger partial charge in [-0.15, -0.1) is 0 Å². The van der Waals surface area contributed by atoms with Crippen molar-refractivity contribution in [1.29, 1.82) is 0 Å². The van der Waals surface area contributed by atoms with Crippen molar-refractivity contribution in [2.45, 2.75) is 51.4 Å². The summed E-state index contributed by atoms with van der Waals surface area (Å²) in [6, 6.07) is 0. The molecule has 2 aliphatic rings. The van der Waals surface area contributed by atoms with Crippen LogP contribution < -0.4 is 0 Å². The van der Waals surface area contributed by atoms with E-state index in [0.717, 1.165) is 12.8 Å². The minimum atomic E-state index is 0.635. The average Bonchev–Trinajstić information content (AvgIpc) is 2.71. The lowest BCUT2D eigenvalue weighted by Crippen LogP contribution is -2.02. The van der Waals surface area contributed by atoms with Crippen LogP contribution in [0.25, 0.3) is 0 Å². The van der Waals surface area contributed by atoms with Gasteiger partial charge in [0, 0.05) is 11.8 Å². The van der Waals surface area contributed by atoms with Gasteiger partial charge in [0.05, 0.1) is 22.8 Å². The topological polar surface area (TPSA) is 25.8 Å². The Balaban J connectivity index is 2.15. The quantitative estimate of drug-likeness (QED) is 0.625. The summed E-state index contributed by atoms with van der Waals surface area (Å²) >= 11 is 0. The van der Waals surface area contributed by atoms with Crippen LogP contribution in [0.1, 0.15) is 61.3 Å². The SMILES string of the molecule is CC1CCc2nc3c(nc21)C(C)CC3. The predicted octanol–water partition coefficient (Wildman–Crippen LogP) is 2.58. The molecule has 0 aromatic carbocycles. The Morgan fingerprint density at radius 1 is 0.857 bits per heavy atom. The van der Waals surface area contributed by atoms with E-state index in [-0.39, 0.29) is 0 Å². The van der Waals surface area contributed by atoms with Gasteiger partial charge in [-0.1, -0.05) is 13.8 Å². The molecule has 0 saturated carbocycles. The maximum atomic E-state index is 4.83. The van der Waals surface area contributed by atoms with Gasteiger partial charge in [0.15, 0.2) is 0 Å². The summed E-state index contributed by atoms with van der Waals surface area (Å²) in [4.78, 5) is 9.61. The highest BCUT2D eigenvalue weighted by atomic mass is 14.9. The number of aromatic nitrogens is 2. The Hall–Kier alpha value is -0.920. The minimum Gasteiger partial charge on any atom is -0.254 e. The summed E-state index contributed by atoms with van der Waals surface area (Å²) in [6.45, 7) is 4.54. The zero-order chi connectivity index (χ0) is 9.71. The van der Waals surface area contributed by atoms with Gasteiger partial charge >= 0.3 is 0 Å². The van der Waals surface area contributed by atoms with E-state index in [1.807, 2.05) is 0 Å². The number of rotatable bonds is 0. The second-order valence-corrected chi connectivity index (χ2v) is 4.77. The molecule has 2 unspecified atom stereocenters. The second-order valence-electron chi connectivity index (χ2n) is 4.77. The van der Waals surface area contributed by atoms with Gasteiger partial charge in [-0.2, -0.15) is 0 Å². The molecule has 1 aromatic rings. The summed E-state index contributed by atoms with van der Waals surface area (Å²) < 4.78 is 0. The minimum absolute atomic E-state index is 0.635. The van der Waals surface area contributed by atoms with Crippen LogP contribution in [0.15, 0.2) is 0 Å². The molecule has 2 atom stereocenters. The van der Waals surface area contributed by atoms with E-state index >= 15 is 0 Å². The molecule has 2 aliphatic carbocycles. The zero-order valence-electron chi connectivity index (χ0n) is 8.88. The Morgan fingerprint density at radius 2 is 1.36 bits per heavy atom. The first-order chi connectivity index (χ1) is 6.75. The highest BCUT2D eigenvalue weighted by Crippen LogP contribution is 2.36. The fourth-order valence-electron chi connectivity index (χ4n) is 2.67. The Morgan fingerprint density at radius 3 is 1.86 bits per heavy atom. The molecule has 0 fully saturated rings. The first kappa shape index (κ1) is 8.39. The third kappa shape index (κ3) is 1.03. The van der Waals surface area contributed by atoms with Gasteiger partial charge in [-0.3, -0.25) is 9.97 Å². The number of nitrogens with zero attached hydrogens (tertiary/aromatic N) is 2. The molecular formula is C12H16N2. The van der Waals surface area contributed by atoms with E-state index < -0.39 is 0 Å². The third-order valence-electron chi connectivity index (χ3n) is 3.66. The predicted molar refractivity (Wildman–Crippen MR) is 55.5 cm³/mol. The van der Waals surface area contributed by atoms with Crippen molar-refractivity contribution in [3.8, 4) is 0 Å². The van der Waals surface area contributed by atoms with Crippen molar-refractivity contribution in [2.24, 2.45) is 0 Å². The number of aryl methyl sites for hydroxylation is 2. The average molecular weight is 188 g/mol. The number of hydrogen-bond donors (Lipinski definition) is 0. The molecule has 0 amide bonds. The van der Waals surface area contributed by atoms with Crippen LogP contribution in [-0.2, 0) is 12.8 Å². The van der Waals surface area contributed by atoms with Crippen molar-refractivity contribution in [2.75, 3.05) is 0 Å². The summed E-state index contributed by atoms with van der Waals surface area (Å²) in [5.41, 5.74) is 5.14. The summed E-state index contributed by atoms with van der Waals surface area (Å²) in [6.07, 6.45) is 4.77. The fourth-order valence-corrected chi connectivity index (χ4v) is 2.67. The molecule has 0 N–H and O–H groups in total. The molecule has 2 heteroatoms. The number of fused-ring (bicyclic) bond motifs is 2. The van der Waals surface area contributed by atoms with Crippen molar-refractivity contribution in [3.63, 3.8) is 0 Å². The molecule has 1 heterocycles. The molecule has 14 heavy (non-hydrogen) atoms. The van der Waals surface area contributed by atoms with Gasteiger partial charge in [-0.05, 0) is 25.7 Å². The van der Waals surface area contributed by atoms with Crippen molar-refractivity contribution in [1.82, 2.24) is 9.97 Å². The Kier molecular flexibility index (Phi) is 1.67. The molecule has 3 rings (SSSR count). The van der Waals surface area contributed by atoms with Crippen molar-refractivity contribution >= 4 is 0 Å². The van der Waals surface area contributed by atoms with Crippen LogP contribution in [0, 0.1) is 0 Å². The van der Waals surface area contributed by atoms with Crippen molar-refractivity contribution in [3.05, 3.63) is 22.8 Å². The number of hydrogen-bond acceptors (Lipinski definition) is 2. The van der Waals surface area contributed by atoms with Crippen LogP contribution in [0.2, 0.25) is 0 Å². The fraction of sp³-hybridized carbons (Fsp3) is 0.667. The summed E-state index contributed by atoms with van der Waals surface area (Å²) in [7, 11) is 0. The molecule has 0 bridgehead atoms. The van der Waals surface area contributed by atoms with E-state index in [1.54, 1.807) is 0 Å². The van der Waals surface area contributed by atoms with Gasteiger partial charge in [0.25, 0.3) is 0 Å². The molecule has 74 valence electrons. The van der Waals surface area contributed by atoms with Crippen LogP contribution in [0.5, 0.6) is 0 Å². The zero-order valence-corrected chi connectivity index (χ0v) is 8.88. The van der Waals surface area contributed by atoms with E-state index in [1.165, 1.54) is 35.6 Å². The molecule has 1 aromatic heterocycles. The summed E-state index contributed by atoms with van der Waals surface area (Å²) in [5.74, 6) is 1.27. The monoisotopic (exact) mass is 188 g/mol. The molecule has 0 saturated heterocycles. The Labute approximate surface area is 84.8 Å². The largest absolute Gasteiger partial charge is 0.254 e. The smallest absolute Gasteiger partial charge is 0.0650 e. The van der Waals surface area contributed by atoms with Crippen LogP contribution in [-0.4, -0.2) is 9.97 Å². The lowest BCUT2D eigenvalue weighted by Gasteiger charge is -2.08. The first-order valence-electron chi connectivity index (χ1n) is 5.65. The van der Waals surface area contributed by atoms with Gasteiger partial charge in [0.2, 0.25) is 0 Å². The van der Waals surface area contributed by atoms with Crippen LogP contribution in [0.3, 0.4) is 0 Å². The standard InChI is InChI=1S/C12H16N2/c1-7-3-5-9-11(7)14-12-8(2)4-6-10(12)13-9/h7-8H,3-6H2,1-2H3. The first-order valence-corrected chi connectivity index (χ1v) is 5.65. The lowest BCUT2D eigenvalue weighted by atomic mass is 10.1. The van der Waals surface area contributed by atoms with Gasteiger partial charge in [-0.25, -0.2) is 0 Å². The molecule has 0 radical (unpaired) electrons. The van der Waals surface area contributed by atoms with E-state index in [2.05, 4.69) is 13.8 Å². The van der Waals surface area contributed by atoms with Gasteiger partial charge < -0.3 is 0 Å². The molecule has 2 nitrogen and oxygen atoms in total. The second kappa shape index (κ2) is 2.78. The van der Waals surface area contributed by atoms with Gasteiger partial charge in [0.1, 0.15) is 0 Å². The maximum Gasteiger partial charge on any atom is 0.0650 e. The normalized spacial score (nSPS) is 29.0. The molecule has 0 aliphatic heterocycles. The van der Waals surface area contributed by atoms with E-state index in [0.29, 0.717) is 11.8 Å². The van der Waals surface area contributed by atoms with Crippen LogP contribution >= 0.6 is 0 Å². The van der Waals surface area contributed by atoms with Crippen molar-refractivity contribution < 1.29 is 0 Å². The van der Waals surface area contributed by atoms with E-state index in [4.69, 9.17) is 9.97 Å². The maximum absolute atomic E-state index is 4.83. The lowest BCUT2D eigenvalue weighted by molar-refractivity contribution is 0.702. The summed E-state index contributed by atoms with van der Waals surface area (Å²) in [5, 5.41) is 0. The molecule has 0 spiro atoms.